The number of pyridine rings is 1. The van der Waals surface area contributed by atoms with Gasteiger partial charge in [-0.25, -0.2) is 0 Å². The fourth-order valence-corrected chi connectivity index (χ4v) is 2.13. The highest BCUT2D eigenvalue weighted by Crippen LogP contribution is 2.31. The number of nitrogens with two attached hydrogens (primary N) is 1. The predicted molar refractivity (Wildman–Crippen MR) is 77.4 cm³/mol. The Hall–Kier alpha value is -1.75. The Morgan fingerprint density at radius 1 is 1.33 bits per heavy atom. The number of aryl methyl sites for hydroxylation is 1. The molecule has 5 heteroatoms. The first-order valence-corrected chi connectivity index (χ1v) is 6.21. The van der Waals surface area contributed by atoms with Crippen LogP contribution in [-0.4, -0.2) is 12.1 Å². The van der Waals surface area contributed by atoms with Gasteiger partial charge in [-0.3, -0.25) is 4.98 Å². The molecule has 0 fully saturated rings. The van der Waals surface area contributed by atoms with E-state index in [1.807, 2.05) is 25.1 Å². The molecule has 1 heterocycles. The summed E-state index contributed by atoms with van der Waals surface area (Å²) < 4.78 is 6.06. The van der Waals surface area contributed by atoms with E-state index >= 15 is 0 Å². The molecule has 0 aliphatic rings. The van der Waals surface area contributed by atoms with Crippen LogP contribution in [0.4, 0.5) is 17.1 Å². The van der Waals surface area contributed by atoms with Crippen molar-refractivity contribution in [3.8, 4) is 5.75 Å². The molecule has 1 aromatic heterocycles. The molecule has 0 atom stereocenters. The molecule has 0 radical (unpaired) electrons. The van der Waals surface area contributed by atoms with Crippen molar-refractivity contribution in [1.82, 2.24) is 4.98 Å². The molecular weight excluding hydrogens is 294 g/mol. The third-order valence-corrected chi connectivity index (χ3v) is 3.19. The van der Waals surface area contributed by atoms with Gasteiger partial charge < -0.3 is 15.8 Å². The molecule has 2 aromatic rings. The third-order valence-electron chi connectivity index (χ3n) is 2.59. The fourth-order valence-electron chi connectivity index (χ4n) is 1.68. The van der Waals surface area contributed by atoms with Crippen LogP contribution in [0.25, 0.3) is 0 Å². The van der Waals surface area contributed by atoms with Crippen LogP contribution in [0.3, 0.4) is 0 Å². The van der Waals surface area contributed by atoms with Crippen molar-refractivity contribution in [1.29, 1.82) is 0 Å². The van der Waals surface area contributed by atoms with Crippen LogP contribution in [0.1, 0.15) is 5.56 Å². The lowest BCUT2D eigenvalue weighted by Crippen LogP contribution is -1.99. The normalized spacial score (nSPS) is 10.2. The van der Waals surface area contributed by atoms with Gasteiger partial charge in [0, 0.05) is 11.9 Å². The quantitative estimate of drug-likeness (QED) is 0.911. The maximum atomic E-state index is 5.88. The first kappa shape index (κ1) is 12.7. The number of hydrogen-bond acceptors (Lipinski definition) is 4. The van der Waals surface area contributed by atoms with Crippen molar-refractivity contribution in [2.24, 2.45) is 0 Å². The highest BCUT2D eigenvalue weighted by Gasteiger charge is 2.06. The maximum Gasteiger partial charge on any atom is 0.121 e. The van der Waals surface area contributed by atoms with Crippen molar-refractivity contribution in [3.63, 3.8) is 0 Å². The number of nitrogens with zero attached hydrogens (tertiary/aromatic N) is 1. The van der Waals surface area contributed by atoms with Gasteiger partial charge in [0.15, 0.2) is 0 Å². The van der Waals surface area contributed by atoms with Gasteiger partial charge >= 0.3 is 0 Å². The molecule has 3 N–H and O–H groups in total. The second-order valence-electron chi connectivity index (χ2n) is 3.89. The summed E-state index contributed by atoms with van der Waals surface area (Å²) in [7, 11) is 1.66. The van der Waals surface area contributed by atoms with E-state index in [2.05, 4.69) is 26.2 Å². The molecule has 1 aromatic carbocycles. The van der Waals surface area contributed by atoms with E-state index < -0.39 is 0 Å². The number of nitrogen functional groups attached to an aromatic ring is 1. The Bertz CT molecular complexity index is 552. The van der Waals surface area contributed by atoms with Gasteiger partial charge in [0.05, 0.1) is 29.2 Å². The van der Waals surface area contributed by atoms with E-state index in [9.17, 15) is 0 Å². The van der Waals surface area contributed by atoms with E-state index in [-0.39, 0.29) is 0 Å². The van der Waals surface area contributed by atoms with Gasteiger partial charge in [0.2, 0.25) is 0 Å². The average molecular weight is 308 g/mol. The molecular formula is C13H14BrN3O. The van der Waals surface area contributed by atoms with Crippen LogP contribution in [0, 0.1) is 6.92 Å². The highest BCUT2D eigenvalue weighted by atomic mass is 79.9. The van der Waals surface area contributed by atoms with Crippen molar-refractivity contribution in [2.75, 3.05) is 18.2 Å². The Morgan fingerprint density at radius 2 is 2.11 bits per heavy atom. The standard InChI is InChI=1S/C13H14BrN3O/c1-8-5-9(3-4-12(8)18-2)17-13-10(14)6-16-7-11(13)15/h3-7H,15H2,1-2H3,(H,16,17). The molecule has 0 amide bonds. The van der Waals surface area contributed by atoms with Crippen molar-refractivity contribution in [3.05, 3.63) is 40.6 Å². The van der Waals surface area contributed by atoms with Crippen LogP contribution in [0.2, 0.25) is 0 Å². The number of aromatic nitrogens is 1. The Kier molecular flexibility index (Phi) is 3.72. The van der Waals surface area contributed by atoms with E-state index in [4.69, 9.17) is 10.5 Å². The first-order chi connectivity index (χ1) is 8.61. The van der Waals surface area contributed by atoms with Gasteiger partial charge in [-0.2, -0.15) is 0 Å². The summed E-state index contributed by atoms with van der Waals surface area (Å²) >= 11 is 3.42. The number of benzene rings is 1. The molecule has 4 nitrogen and oxygen atoms in total. The molecule has 2 rings (SSSR count). The first-order valence-electron chi connectivity index (χ1n) is 5.42. The van der Waals surface area contributed by atoms with Crippen LogP contribution < -0.4 is 15.8 Å². The summed E-state index contributed by atoms with van der Waals surface area (Å²) in [6.45, 7) is 2.00. The van der Waals surface area contributed by atoms with Gasteiger partial charge in [-0.05, 0) is 46.6 Å². The number of anilines is 3. The highest BCUT2D eigenvalue weighted by molar-refractivity contribution is 9.10. The summed E-state index contributed by atoms with van der Waals surface area (Å²) in [5, 5.41) is 3.27. The number of methoxy groups -OCH3 is 1. The fraction of sp³-hybridized carbons (Fsp3) is 0.154. The summed E-state index contributed by atoms with van der Waals surface area (Å²) in [6, 6.07) is 5.87. The SMILES string of the molecule is COc1ccc(Nc2c(N)cncc2Br)cc1C. The zero-order chi connectivity index (χ0) is 13.1. The van der Waals surface area contributed by atoms with Crippen molar-refractivity contribution >= 4 is 33.0 Å². The molecule has 0 spiro atoms. The lowest BCUT2D eigenvalue weighted by molar-refractivity contribution is 0.412. The number of rotatable bonds is 3. The number of nitrogens with one attached hydrogen (secondary N) is 1. The topological polar surface area (TPSA) is 60.2 Å². The molecule has 94 valence electrons. The minimum Gasteiger partial charge on any atom is -0.496 e. The van der Waals surface area contributed by atoms with Gasteiger partial charge in [-0.15, -0.1) is 0 Å². The molecule has 0 unspecified atom stereocenters. The summed E-state index contributed by atoms with van der Waals surface area (Å²) in [5.41, 5.74) is 9.31. The van der Waals surface area contributed by atoms with Gasteiger partial charge in [-0.1, -0.05) is 0 Å². The van der Waals surface area contributed by atoms with Crippen LogP contribution in [0.15, 0.2) is 35.1 Å². The molecule has 0 saturated carbocycles. The van der Waals surface area contributed by atoms with Gasteiger partial charge in [0.1, 0.15) is 5.75 Å². The van der Waals surface area contributed by atoms with E-state index in [0.29, 0.717) is 5.69 Å². The lowest BCUT2D eigenvalue weighted by Gasteiger charge is -2.12. The second kappa shape index (κ2) is 5.27. The zero-order valence-corrected chi connectivity index (χ0v) is 11.8. The molecule has 0 aliphatic heterocycles. The molecule has 0 aliphatic carbocycles. The zero-order valence-electron chi connectivity index (χ0n) is 10.2. The maximum absolute atomic E-state index is 5.88. The molecule has 18 heavy (non-hydrogen) atoms. The average Bonchev–Trinajstić information content (AvgIpc) is 2.34. The lowest BCUT2D eigenvalue weighted by atomic mass is 10.2. The number of halogens is 1. The Morgan fingerprint density at radius 3 is 2.72 bits per heavy atom. The second-order valence-corrected chi connectivity index (χ2v) is 4.75. The smallest absolute Gasteiger partial charge is 0.121 e. The molecule has 0 saturated heterocycles. The summed E-state index contributed by atoms with van der Waals surface area (Å²) in [4.78, 5) is 4.00. The Labute approximate surface area is 114 Å². The minimum absolute atomic E-state index is 0.595. The van der Waals surface area contributed by atoms with Gasteiger partial charge in [0.25, 0.3) is 0 Å². The van der Waals surface area contributed by atoms with Crippen LogP contribution in [0.5, 0.6) is 5.75 Å². The predicted octanol–water partition coefficient (Wildman–Crippen LogP) is 3.49. The molecule has 0 bridgehead atoms. The third kappa shape index (κ3) is 2.56. The van der Waals surface area contributed by atoms with E-state index in [0.717, 1.165) is 27.2 Å². The number of hydrogen-bond donors (Lipinski definition) is 2. The van der Waals surface area contributed by atoms with Crippen molar-refractivity contribution < 1.29 is 4.74 Å². The minimum atomic E-state index is 0.595. The van der Waals surface area contributed by atoms with Crippen LogP contribution in [-0.2, 0) is 0 Å². The number of ether oxygens (including phenoxy) is 1. The largest absolute Gasteiger partial charge is 0.496 e. The summed E-state index contributed by atoms with van der Waals surface area (Å²) in [6.07, 6.45) is 3.32. The van der Waals surface area contributed by atoms with Crippen LogP contribution >= 0.6 is 15.9 Å². The van der Waals surface area contributed by atoms with Crippen molar-refractivity contribution in [2.45, 2.75) is 6.92 Å². The van der Waals surface area contributed by atoms with E-state index in [1.54, 1.807) is 19.5 Å². The monoisotopic (exact) mass is 307 g/mol. The summed E-state index contributed by atoms with van der Waals surface area (Å²) in [5.74, 6) is 0.863. The Balaban J connectivity index is 2.32. The van der Waals surface area contributed by atoms with E-state index in [1.165, 1.54) is 0 Å².